The van der Waals surface area contributed by atoms with E-state index in [9.17, 15) is 8.42 Å². The third kappa shape index (κ3) is 8.51. The molecule has 0 unspecified atom stereocenters. The largest absolute Gasteiger partial charge is 2.00 e. The number of rotatable bonds is 11. The van der Waals surface area contributed by atoms with Crippen molar-refractivity contribution in [3.8, 4) is 0 Å². The molecule has 167 valence electrons. The zero-order chi connectivity index (χ0) is 21.2. The Morgan fingerprint density at radius 1 is 0.806 bits per heavy atom. The summed E-state index contributed by atoms with van der Waals surface area (Å²) in [4.78, 5) is 11.2. The Kier molecular flexibility index (Phi) is 10.3. The van der Waals surface area contributed by atoms with E-state index < -0.39 is 10.0 Å². The van der Waals surface area contributed by atoms with Gasteiger partial charge in [-0.15, -0.1) is 6.54 Å². The number of sulfonamides is 1. The van der Waals surface area contributed by atoms with Crippen molar-refractivity contribution in [3.05, 3.63) is 94.7 Å². The van der Waals surface area contributed by atoms with Crippen LogP contribution in [-0.2, 0) is 39.9 Å². The molecule has 31 heavy (non-hydrogen) atoms. The molecular weight excluding hydrogens is 460 g/mol. The van der Waals surface area contributed by atoms with E-state index in [2.05, 4.69) is 19.6 Å². The average Bonchev–Trinajstić information content (AvgIpc) is 2.77. The fraction of sp³-hybridized carbons (Fsp3) is 0.304. The van der Waals surface area contributed by atoms with Gasteiger partial charge < -0.3 is 9.62 Å². The van der Waals surface area contributed by atoms with Crippen LogP contribution in [-0.4, -0.2) is 49.5 Å². The SMILES string of the molecule is Cc1ccc(S(=O)(=O)[N-]CCN(CCc2ccccn2)CCc2ccccn2)cc1.[Cu+2]. The van der Waals surface area contributed by atoms with E-state index in [0.29, 0.717) is 6.54 Å². The van der Waals surface area contributed by atoms with Crippen LogP contribution < -0.4 is 0 Å². The normalized spacial score (nSPS) is 11.3. The standard InChI is InChI=1S/C23H27N4O2S.Cu/c1-20-8-10-23(11-9-20)30(28,29)26-16-19-27(17-12-21-6-2-4-14-24-21)18-13-22-7-3-5-15-25-22;/h2-11,14-15H,12-13,16-19H2,1H3;/q-1;+2. The van der Waals surface area contributed by atoms with Gasteiger partial charge in [0.25, 0.3) is 0 Å². The van der Waals surface area contributed by atoms with Gasteiger partial charge in [0.05, 0.1) is 0 Å². The molecule has 0 aliphatic rings. The topological polar surface area (TPSA) is 77.3 Å². The predicted molar refractivity (Wildman–Crippen MR) is 119 cm³/mol. The van der Waals surface area contributed by atoms with Crippen molar-refractivity contribution in [1.82, 2.24) is 14.9 Å². The summed E-state index contributed by atoms with van der Waals surface area (Å²) in [6.07, 6.45) is 5.18. The van der Waals surface area contributed by atoms with Crippen molar-refractivity contribution in [1.29, 1.82) is 0 Å². The molecule has 1 radical (unpaired) electrons. The third-order valence-corrected chi connectivity index (χ3v) is 6.21. The molecule has 3 aromatic rings. The van der Waals surface area contributed by atoms with Crippen LogP contribution in [0.2, 0.25) is 0 Å². The quantitative estimate of drug-likeness (QED) is 0.387. The van der Waals surface area contributed by atoms with E-state index in [-0.39, 0.29) is 28.5 Å². The third-order valence-electron chi connectivity index (χ3n) is 4.82. The van der Waals surface area contributed by atoms with Crippen LogP contribution in [0.1, 0.15) is 17.0 Å². The van der Waals surface area contributed by atoms with Gasteiger partial charge in [0, 0.05) is 54.6 Å². The van der Waals surface area contributed by atoms with Crippen LogP contribution in [0.5, 0.6) is 0 Å². The first-order valence-corrected chi connectivity index (χ1v) is 11.5. The summed E-state index contributed by atoms with van der Waals surface area (Å²) in [5.74, 6) is 0. The van der Waals surface area contributed by atoms with Crippen LogP contribution in [0.3, 0.4) is 0 Å². The number of nitrogens with zero attached hydrogens (tertiary/aromatic N) is 4. The van der Waals surface area contributed by atoms with Crippen LogP contribution >= 0.6 is 0 Å². The first-order valence-electron chi connectivity index (χ1n) is 10.1. The van der Waals surface area contributed by atoms with E-state index in [4.69, 9.17) is 0 Å². The first-order chi connectivity index (χ1) is 14.5. The monoisotopic (exact) mass is 486 g/mol. The average molecular weight is 487 g/mol. The summed E-state index contributed by atoms with van der Waals surface area (Å²) in [6.45, 7) is 4.27. The molecule has 0 N–H and O–H groups in total. The molecular formula is C23H27CuN4O2S+. The summed E-state index contributed by atoms with van der Waals surface area (Å²) >= 11 is 0. The van der Waals surface area contributed by atoms with Crippen molar-refractivity contribution < 1.29 is 25.5 Å². The molecule has 1 aromatic carbocycles. The molecule has 0 bridgehead atoms. The molecule has 0 aliphatic heterocycles. The second-order valence-electron chi connectivity index (χ2n) is 7.12. The maximum absolute atomic E-state index is 12.5. The summed E-state index contributed by atoms with van der Waals surface area (Å²) in [5, 5.41) is 0. The molecule has 0 saturated carbocycles. The molecule has 0 saturated heterocycles. The summed E-state index contributed by atoms with van der Waals surface area (Å²) in [6, 6.07) is 18.5. The molecule has 2 heterocycles. The molecule has 2 aromatic heterocycles. The number of hydrogen-bond donors (Lipinski definition) is 0. The minimum absolute atomic E-state index is 0. The molecule has 3 rings (SSSR count). The number of aromatic nitrogens is 2. The summed E-state index contributed by atoms with van der Waals surface area (Å²) < 4.78 is 29.0. The first kappa shape index (κ1) is 25.2. The van der Waals surface area contributed by atoms with Gasteiger partial charge in [-0.25, -0.2) is 8.42 Å². The van der Waals surface area contributed by atoms with Gasteiger partial charge in [-0.1, -0.05) is 29.8 Å². The summed E-state index contributed by atoms with van der Waals surface area (Å²) in [5.41, 5.74) is 3.05. The van der Waals surface area contributed by atoms with Gasteiger partial charge in [-0.2, -0.15) is 0 Å². The zero-order valence-corrected chi connectivity index (χ0v) is 19.2. The van der Waals surface area contributed by atoms with Crippen molar-refractivity contribution in [2.75, 3.05) is 26.2 Å². The molecule has 8 heteroatoms. The fourth-order valence-corrected chi connectivity index (χ4v) is 4.01. The zero-order valence-electron chi connectivity index (χ0n) is 17.5. The maximum atomic E-state index is 12.5. The second-order valence-corrected chi connectivity index (χ2v) is 8.80. The number of aryl methyl sites for hydroxylation is 1. The molecule has 0 fully saturated rings. The van der Waals surface area contributed by atoms with Crippen molar-refractivity contribution in [2.45, 2.75) is 24.7 Å². The van der Waals surface area contributed by atoms with Gasteiger partial charge in [-0.05, 0) is 49.9 Å². The summed E-state index contributed by atoms with van der Waals surface area (Å²) in [7, 11) is -3.63. The Morgan fingerprint density at radius 3 is 1.84 bits per heavy atom. The Hall–Kier alpha value is -2.09. The Balaban J connectivity index is 0.00000341. The minimum Gasteiger partial charge on any atom is -0.544 e. The van der Waals surface area contributed by atoms with Crippen LogP contribution in [0.25, 0.3) is 4.72 Å². The van der Waals surface area contributed by atoms with Crippen LogP contribution in [0.4, 0.5) is 0 Å². The van der Waals surface area contributed by atoms with Gasteiger partial charge in [-0.3, -0.25) is 9.97 Å². The van der Waals surface area contributed by atoms with E-state index >= 15 is 0 Å². The van der Waals surface area contributed by atoms with E-state index in [1.165, 1.54) is 0 Å². The smallest absolute Gasteiger partial charge is 0.544 e. The molecule has 0 amide bonds. The fourth-order valence-electron chi connectivity index (χ4n) is 3.06. The van der Waals surface area contributed by atoms with Gasteiger partial charge in [0.2, 0.25) is 0 Å². The Bertz CT molecular complexity index is 957. The van der Waals surface area contributed by atoms with E-state index in [1.54, 1.807) is 36.7 Å². The van der Waals surface area contributed by atoms with Gasteiger partial charge >= 0.3 is 17.1 Å². The molecule has 0 spiro atoms. The molecule has 0 aliphatic carbocycles. The number of pyridine rings is 2. The van der Waals surface area contributed by atoms with Gasteiger partial charge in [0.15, 0.2) is 0 Å². The van der Waals surface area contributed by atoms with Crippen molar-refractivity contribution >= 4 is 10.0 Å². The van der Waals surface area contributed by atoms with E-state index in [1.807, 2.05) is 43.3 Å². The number of hydrogen-bond acceptors (Lipinski definition) is 5. The van der Waals surface area contributed by atoms with E-state index in [0.717, 1.165) is 42.9 Å². The Morgan fingerprint density at radius 2 is 1.35 bits per heavy atom. The second kappa shape index (κ2) is 12.7. The predicted octanol–water partition coefficient (Wildman–Crippen LogP) is 3.63. The minimum atomic E-state index is -3.63. The Labute approximate surface area is 195 Å². The maximum Gasteiger partial charge on any atom is 2.00 e. The molecule has 6 nitrogen and oxygen atoms in total. The van der Waals surface area contributed by atoms with Crippen molar-refractivity contribution in [3.63, 3.8) is 0 Å². The van der Waals surface area contributed by atoms with Crippen LogP contribution in [0.15, 0.2) is 78.0 Å². The molecule has 0 atom stereocenters. The van der Waals surface area contributed by atoms with Crippen molar-refractivity contribution in [2.24, 2.45) is 0 Å². The van der Waals surface area contributed by atoms with Crippen LogP contribution in [0, 0.1) is 6.92 Å². The number of benzene rings is 1. The van der Waals surface area contributed by atoms with Gasteiger partial charge in [0.1, 0.15) is 10.0 Å².